The van der Waals surface area contributed by atoms with Gasteiger partial charge in [-0.1, -0.05) is 12.1 Å². The summed E-state index contributed by atoms with van der Waals surface area (Å²) in [6.07, 6.45) is 5.15. The summed E-state index contributed by atoms with van der Waals surface area (Å²) in [5.41, 5.74) is 4.78. The van der Waals surface area contributed by atoms with Crippen LogP contribution >= 0.6 is 0 Å². The lowest BCUT2D eigenvalue weighted by atomic mass is 10.0. The zero-order valence-electron chi connectivity index (χ0n) is 14.8. The third-order valence-corrected chi connectivity index (χ3v) is 4.76. The van der Waals surface area contributed by atoms with Crippen LogP contribution in [0.2, 0.25) is 0 Å². The van der Waals surface area contributed by atoms with Gasteiger partial charge in [0, 0.05) is 24.1 Å². The maximum atomic E-state index is 12.4. The Bertz CT molecular complexity index is 965. The maximum Gasteiger partial charge on any atom is 0.224 e. The van der Waals surface area contributed by atoms with E-state index in [9.17, 15) is 9.59 Å². The van der Waals surface area contributed by atoms with Crippen molar-refractivity contribution in [2.75, 3.05) is 5.32 Å². The molecule has 7 heteroatoms. The summed E-state index contributed by atoms with van der Waals surface area (Å²) in [6.45, 7) is 0. The van der Waals surface area contributed by atoms with Crippen LogP contribution in [0, 0.1) is 0 Å². The summed E-state index contributed by atoms with van der Waals surface area (Å²) in [7, 11) is 0. The van der Waals surface area contributed by atoms with Gasteiger partial charge in [0.1, 0.15) is 6.33 Å². The first-order valence-corrected chi connectivity index (χ1v) is 8.97. The van der Waals surface area contributed by atoms with Crippen LogP contribution in [0.25, 0.3) is 5.69 Å². The van der Waals surface area contributed by atoms with Crippen molar-refractivity contribution in [3.8, 4) is 5.69 Å². The zero-order chi connectivity index (χ0) is 18.6. The summed E-state index contributed by atoms with van der Waals surface area (Å²) >= 11 is 0. The Morgan fingerprint density at radius 2 is 1.81 bits per heavy atom. The zero-order valence-corrected chi connectivity index (χ0v) is 14.8. The number of hydrogen-bond donors (Lipinski definition) is 1. The fourth-order valence-corrected chi connectivity index (χ4v) is 3.32. The van der Waals surface area contributed by atoms with E-state index in [1.807, 2.05) is 30.3 Å². The predicted molar refractivity (Wildman–Crippen MR) is 99.8 cm³/mol. The molecule has 0 radical (unpaired) electrons. The highest BCUT2D eigenvalue weighted by Crippen LogP contribution is 2.23. The third-order valence-electron chi connectivity index (χ3n) is 4.76. The number of aryl methyl sites for hydroxylation is 2. The van der Waals surface area contributed by atoms with E-state index in [0.717, 1.165) is 24.9 Å². The van der Waals surface area contributed by atoms with E-state index in [4.69, 9.17) is 0 Å². The van der Waals surface area contributed by atoms with E-state index in [-0.39, 0.29) is 24.5 Å². The van der Waals surface area contributed by atoms with Gasteiger partial charge < -0.3 is 5.32 Å². The number of tetrazole rings is 1. The van der Waals surface area contributed by atoms with Crippen molar-refractivity contribution in [2.24, 2.45) is 0 Å². The monoisotopic (exact) mass is 361 g/mol. The van der Waals surface area contributed by atoms with Crippen LogP contribution in [-0.2, 0) is 17.6 Å². The Kier molecular flexibility index (Phi) is 4.74. The first-order chi connectivity index (χ1) is 13.2. The molecule has 0 saturated heterocycles. The average Bonchev–Trinajstić information content (AvgIpc) is 3.38. The molecule has 0 aliphatic heterocycles. The molecule has 0 bridgehead atoms. The molecular weight excluding hydrogens is 342 g/mol. The molecule has 7 nitrogen and oxygen atoms in total. The summed E-state index contributed by atoms with van der Waals surface area (Å²) < 4.78 is 1.53. The van der Waals surface area contributed by atoms with Gasteiger partial charge in [0.15, 0.2) is 5.78 Å². The Morgan fingerprint density at radius 3 is 2.59 bits per heavy atom. The van der Waals surface area contributed by atoms with Crippen LogP contribution in [0.15, 0.2) is 48.8 Å². The molecule has 1 aliphatic carbocycles. The number of rotatable bonds is 6. The van der Waals surface area contributed by atoms with E-state index in [0.29, 0.717) is 11.3 Å². The fraction of sp³-hybridized carbons (Fsp3) is 0.250. The van der Waals surface area contributed by atoms with Gasteiger partial charge in [-0.2, -0.15) is 0 Å². The number of hydrogen-bond acceptors (Lipinski definition) is 5. The van der Waals surface area contributed by atoms with Gasteiger partial charge in [-0.05, 0) is 71.1 Å². The smallest absolute Gasteiger partial charge is 0.224 e. The molecule has 0 spiro atoms. The predicted octanol–water partition coefficient (Wildman–Crippen LogP) is 2.75. The van der Waals surface area contributed by atoms with Crippen LogP contribution in [0.5, 0.6) is 0 Å². The van der Waals surface area contributed by atoms with Crippen molar-refractivity contribution in [1.82, 2.24) is 20.2 Å². The average molecular weight is 361 g/mol. The highest BCUT2D eigenvalue weighted by molar-refractivity contribution is 6.00. The van der Waals surface area contributed by atoms with E-state index < -0.39 is 0 Å². The number of carbonyl (C=O) groups is 2. The normalized spacial score (nSPS) is 12.6. The van der Waals surface area contributed by atoms with Crippen LogP contribution in [-0.4, -0.2) is 31.9 Å². The highest BCUT2D eigenvalue weighted by atomic mass is 16.2. The van der Waals surface area contributed by atoms with Crippen LogP contribution < -0.4 is 5.32 Å². The van der Waals surface area contributed by atoms with Crippen LogP contribution in [0.3, 0.4) is 0 Å². The first kappa shape index (κ1) is 17.1. The second kappa shape index (κ2) is 7.49. The summed E-state index contributed by atoms with van der Waals surface area (Å²) in [5.74, 6) is -0.173. The lowest BCUT2D eigenvalue weighted by Gasteiger charge is -2.07. The van der Waals surface area contributed by atoms with E-state index in [1.54, 1.807) is 12.1 Å². The van der Waals surface area contributed by atoms with Gasteiger partial charge in [0.05, 0.1) is 5.69 Å². The summed E-state index contributed by atoms with van der Waals surface area (Å²) in [5, 5.41) is 13.8. The van der Waals surface area contributed by atoms with Crippen molar-refractivity contribution in [3.05, 3.63) is 65.5 Å². The van der Waals surface area contributed by atoms with Crippen molar-refractivity contribution in [3.63, 3.8) is 0 Å². The minimum absolute atomic E-state index is 0.00822. The first-order valence-electron chi connectivity index (χ1n) is 8.97. The SMILES string of the molecule is O=C(CCC(=O)c1ccc2c(c1)CCC2)Nc1ccc(-n2cnnn2)cc1. The van der Waals surface area contributed by atoms with Crippen LogP contribution in [0.4, 0.5) is 5.69 Å². The standard InChI is InChI=1S/C20H19N5O2/c26-19(16-5-4-14-2-1-3-15(14)12-16)10-11-20(27)22-17-6-8-18(9-7-17)25-13-21-23-24-25/h4-9,12-13H,1-3,10-11H2,(H,22,27). The van der Waals surface area contributed by atoms with Crippen molar-refractivity contribution in [2.45, 2.75) is 32.1 Å². The molecule has 1 N–H and O–H groups in total. The number of amides is 1. The largest absolute Gasteiger partial charge is 0.326 e. The molecule has 0 unspecified atom stereocenters. The second-order valence-electron chi connectivity index (χ2n) is 6.61. The lowest BCUT2D eigenvalue weighted by molar-refractivity contribution is -0.116. The molecule has 2 aromatic carbocycles. The molecule has 1 aliphatic rings. The molecule has 1 aromatic heterocycles. The molecule has 0 atom stereocenters. The molecule has 1 amide bonds. The van der Waals surface area contributed by atoms with E-state index >= 15 is 0 Å². The number of Topliss-reactive ketones (excluding diaryl/α,β-unsaturated/α-hetero) is 1. The number of nitrogens with one attached hydrogen (secondary N) is 1. The second-order valence-corrected chi connectivity index (χ2v) is 6.61. The minimum Gasteiger partial charge on any atom is -0.326 e. The van der Waals surface area contributed by atoms with E-state index in [2.05, 4.69) is 20.8 Å². The van der Waals surface area contributed by atoms with Gasteiger partial charge in [-0.15, -0.1) is 5.10 Å². The quantitative estimate of drug-likeness (QED) is 0.682. The molecule has 4 rings (SSSR count). The topological polar surface area (TPSA) is 89.8 Å². The van der Waals surface area contributed by atoms with Gasteiger partial charge >= 0.3 is 0 Å². The fourth-order valence-electron chi connectivity index (χ4n) is 3.32. The molecule has 0 fully saturated rings. The van der Waals surface area contributed by atoms with E-state index in [1.165, 1.54) is 22.1 Å². The molecular formula is C20H19N5O2. The van der Waals surface area contributed by atoms with Crippen LogP contribution in [0.1, 0.15) is 40.7 Å². The molecule has 136 valence electrons. The molecule has 3 aromatic rings. The van der Waals surface area contributed by atoms with Crippen molar-refractivity contribution < 1.29 is 9.59 Å². The van der Waals surface area contributed by atoms with Gasteiger partial charge in [-0.25, -0.2) is 4.68 Å². The highest BCUT2D eigenvalue weighted by Gasteiger charge is 2.15. The summed E-state index contributed by atoms with van der Waals surface area (Å²) in [4.78, 5) is 24.5. The molecule has 1 heterocycles. The maximum absolute atomic E-state index is 12.4. The Morgan fingerprint density at radius 1 is 1.00 bits per heavy atom. The number of anilines is 1. The number of nitrogens with zero attached hydrogens (tertiary/aromatic N) is 4. The number of carbonyl (C=O) groups excluding carboxylic acids is 2. The summed E-state index contributed by atoms with van der Waals surface area (Å²) in [6, 6.07) is 13.1. The van der Waals surface area contributed by atoms with Crippen molar-refractivity contribution >= 4 is 17.4 Å². The van der Waals surface area contributed by atoms with Crippen molar-refractivity contribution in [1.29, 1.82) is 0 Å². The Hall–Kier alpha value is -3.35. The van der Waals surface area contributed by atoms with Gasteiger partial charge in [0.25, 0.3) is 0 Å². The van der Waals surface area contributed by atoms with Gasteiger partial charge in [-0.3, -0.25) is 9.59 Å². The Balaban J connectivity index is 1.31. The minimum atomic E-state index is -0.181. The lowest BCUT2D eigenvalue weighted by Crippen LogP contribution is -2.13. The number of aromatic nitrogens is 4. The molecule has 0 saturated carbocycles. The Labute approximate surface area is 156 Å². The number of fused-ring (bicyclic) bond motifs is 1. The number of ketones is 1. The molecule has 27 heavy (non-hydrogen) atoms. The number of benzene rings is 2. The van der Waals surface area contributed by atoms with Gasteiger partial charge in [0.2, 0.25) is 5.91 Å². The third kappa shape index (κ3) is 3.92.